The number of ether oxygens (including phenoxy) is 1. The van der Waals surface area contributed by atoms with Crippen molar-refractivity contribution in [3.05, 3.63) is 35.6 Å². The van der Waals surface area contributed by atoms with Crippen molar-refractivity contribution >= 4 is 18.3 Å². The molecule has 1 aromatic carbocycles. The molecule has 2 atom stereocenters. The van der Waals surface area contributed by atoms with E-state index in [0.29, 0.717) is 19.1 Å². The van der Waals surface area contributed by atoms with Crippen molar-refractivity contribution in [2.75, 3.05) is 6.54 Å². The highest BCUT2D eigenvalue weighted by Crippen LogP contribution is 2.31. The lowest BCUT2D eigenvalue weighted by molar-refractivity contribution is -0.144. The molecule has 0 radical (unpaired) electrons. The van der Waals surface area contributed by atoms with Gasteiger partial charge in [0.05, 0.1) is 6.10 Å². The molecule has 2 N–H and O–H groups in total. The van der Waals surface area contributed by atoms with Gasteiger partial charge < -0.3 is 15.4 Å². The van der Waals surface area contributed by atoms with E-state index in [-0.39, 0.29) is 36.3 Å². The van der Waals surface area contributed by atoms with Crippen LogP contribution in [-0.4, -0.2) is 35.6 Å². The van der Waals surface area contributed by atoms with Gasteiger partial charge in [-0.15, -0.1) is 12.4 Å². The van der Waals surface area contributed by atoms with Gasteiger partial charge in [0.1, 0.15) is 11.9 Å². The van der Waals surface area contributed by atoms with E-state index in [1.807, 2.05) is 4.90 Å². The van der Waals surface area contributed by atoms with Crippen LogP contribution in [0.3, 0.4) is 0 Å². The quantitative estimate of drug-likeness (QED) is 0.902. The lowest BCUT2D eigenvalue weighted by Crippen LogP contribution is -2.40. The first kappa shape index (κ1) is 17.2. The Morgan fingerprint density at radius 1 is 1.23 bits per heavy atom. The predicted octanol–water partition coefficient (Wildman–Crippen LogP) is 2.24. The monoisotopic (exact) mass is 328 g/mol. The highest BCUT2D eigenvalue weighted by Gasteiger charge is 2.39. The molecule has 3 rings (SSSR count). The van der Waals surface area contributed by atoms with Gasteiger partial charge >= 0.3 is 0 Å². The fourth-order valence-electron chi connectivity index (χ4n) is 2.81. The third-order valence-corrected chi connectivity index (χ3v) is 4.18. The van der Waals surface area contributed by atoms with Crippen LogP contribution in [0.5, 0.6) is 0 Å². The van der Waals surface area contributed by atoms with Crippen molar-refractivity contribution in [3.8, 4) is 0 Å². The van der Waals surface area contributed by atoms with Crippen molar-refractivity contribution < 1.29 is 13.9 Å². The average molecular weight is 329 g/mol. The average Bonchev–Trinajstić information content (AvgIpc) is 3.22. The van der Waals surface area contributed by atoms with Crippen LogP contribution in [0, 0.1) is 5.82 Å². The molecular weight excluding hydrogens is 307 g/mol. The van der Waals surface area contributed by atoms with Crippen LogP contribution in [0.4, 0.5) is 4.39 Å². The highest BCUT2D eigenvalue weighted by molar-refractivity contribution is 5.85. The van der Waals surface area contributed by atoms with E-state index in [0.717, 1.165) is 31.2 Å². The summed E-state index contributed by atoms with van der Waals surface area (Å²) in [5.74, 6) is -0.203. The Kier molecular flexibility index (Phi) is 5.78. The second kappa shape index (κ2) is 7.40. The normalized spacial score (nSPS) is 23.9. The second-order valence-electron chi connectivity index (χ2n) is 5.88. The summed E-state index contributed by atoms with van der Waals surface area (Å²) in [5, 5.41) is 0. The maximum absolute atomic E-state index is 13.0. The summed E-state index contributed by atoms with van der Waals surface area (Å²) in [5.41, 5.74) is 6.55. The van der Waals surface area contributed by atoms with Crippen LogP contribution < -0.4 is 5.73 Å². The first-order valence-electron chi connectivity index (χ1n) is 7.58. The van der Waals surface area contributed by atoms with Crippen molar-refractivity contribution in [2.24, 2.45) is 5.73 Å². The number of nitrogens with zero attached hydrogens (tertiary/aromatic N) is 1. The number of rotatable bonds is 5. The number of hydrogen-bond acceptors (Lipinski definition) is 3. The lowest BCUT2D eigenvalue weighted by atomic mass is 10.1. The van der Waals surface area contributed by atoms with Crippen molar-refractivity contribution in [3.63, 3.8) is 0 Å². The Morgan fingerprint density at radius 3 is 2.45 bits per heavy atom. The first-order chi connectivity index (χ1) is 10.2. The minimum Gasteiger partial charge on any atom is -0.364 e. The lowest BCUT2D eigenvalue weighted by Gasteiger charge is -2.25. The number of halogens is 2. The van der Waals surface area contributed by atoms with Gasteiger partial charge in [0, 0.05) is 19.1 Å². The van der Waals surface area contributed by atoms with E-state index in [4.69, 9.17) is 10.5 Å². The molecule has 0 spiro atoms. The van der Waals surface area contributed by atoms with Crippen LogP contribution in [0.15, 0.2) is 24.3 Å². The van der Waals surface area contributed by atoms with Crippen molar-refractivity contribution in [2.45, 2.75) is 50.5 Å². The standard InChI is InChI=1S/C16H21FN2O2.ClH/c17-12-3-1-11(2-4-12)10-19(13-5-6-13)16(20)15-8-7-14(9-18)21-15;/h1-4,13-15H,5-10,18H2;1H/t14-,15+;/m1./s1. The second-order valence-corrected chi connectivity index (χ2v) is 5.88. The molecule has 1 aliphatic heterocycles. The Morgan fingerprint density at radius 2 is 1.91 bits per heavy atom. The van der Waals surface area contributed by atoms with Crippen LogP contribution in [-0.2, 0) is 16.1 Å². The summed E-state index contributed by atoms with van der Waals surface area (Å²) in [6, 6.07) is 6.64. The molecule has 6 heteroatoms. The molecule has 1 aliphatic carbocycles. The Labute approximate surface area is 136 Å². The summed E-state index contributed by atoms with van der Waals surface area (Å²) < 4.78 is 18.7. The summed E-state index contributed by atoms with van der Waals surface area (Å²) in [6.07, 6.45) is 3.32. The molecule has 1 saturated carbocycles. The van der Waals surface area contributed by atoms with E-state index in [1.54, 1.807) is 12.1 Å². The molecule has 122 valence electrons. The number of carbonyl (C=O) groups excluding carboxylic acids is 1. The molecule has 2 fully saturated rings. The summed E-state index contributed by atoms with van der Waals surface area (Å²) in [4.78, 5) is 14.5. The molecule has 4 nitrogen and oxygen atoms in total. The van der Waals surface area contributed by atoms with E-state index in [9.17, 15) is 9.18 Å². The molecule has 0 bridgehead atoms. The summed E-state index contributed by atoms with van der Waals surface area (Å²) in [7, 11) is 0. The van der Waals surface area contributed by atoms with Gasteiger partial charge in [-0.1, -0.05) is 12.1 Å². The molecule has 1 aromatic rings. The van der Waals surface area contributed by atoms with E-state index < -0.39 is 0 Å². The number of benzene rings is 1. The molecule has 22 heavy (non-hydrogen) atoms. The smallest absolute Gasteiger partial charge is 0.252 e. The minimum atomic E-state index is -0.361. The van der Waals surface area contributed by atoms with Gasteiger partial charge in [0.15, 0.2) is 0 Å². The van der Waals surface area contributed by atoms with Gasteiger partial charge in [-0.05, 0) is 43.4 Å². The Balaban J connectivity index is 0.00000176. The largest absolute Gasteiger partial charge is 0.364 e. The molecule has 1 amide bonds. The van der Waals surface area contributed by atoms with Crippen LogP contribution in [0.1, 0.15) is 31.2 Å². The Hall–Kier alpha value is -1.17. The van der Waals surface area contributed by atoms with Crippen molar-refractivity contribution in [1.29, 1.82) is 0 Å². The molecule has 1 saturated heterocycles. The Bertz CT molecular complexity index is 507. The number of carbonyl (C=O) groups is 1. The van der Waals surface area contributed by atoms with E-state index in [1.165, 1.54) is 12.1 Å². The highest BCUT2D eigenvalue weighted by atomic mass is 35.5. The van der Waals surface area contributed by atoms with Gasteiger partial charge in [0.2, 0.25) is 0 Å². The van der Waals surface area contributed by atoms with Crippen LogP contribution >= 0.6 is 12.4 Å². The molecule has 0 aromatic heterocycles. The first-order valence-corrected chi connectivity index (χ1v) is 7.58. The predicted molar refractivity (Wildman–Crippen MR) is 84.2 cm³/mol. The van der Waals surface area contributed by atoms with Crippen molar-refractivity contribution in [1.82, 2.24) is 4.90 Å². The minimum absolute atomic E-state index is 0. The fourth-order valence-corrected chi connectivity index (χ4v) is 2.81. The van der Waals surface area contributed by atoms with Gasteiger partial charge in [-0.2, -0.15) is 0 Å². The number of hydrogen-bond donors (Lipinski definition) is 1. The number of amides is 1. The molecular formula is C16H22ClFN2O2. The maximum atomic E-state index is 13.0. The summed E-state index contributed by atoms with van der Waals surface area (Å²) in [6.45, 7) is 0.988. The zero-order chi connectivity index (χ0) is 14.8. The zero-order valence-corrected chi connectivity index (χ0v) is 13.2. The van der Waals surface area contributed by atoms with Gasteiger partial charge in [0.25, 0.3) is 5.91 Å². The maximum Gasteiger partial charge on any atom is 0.252 e. The SMILES string of the molecule is Cl.NC[C@H]1CC[C@@H](C(=O)N(Cc2ccc(F)cc2)C2CC2)O1. The van der Waals surface area contributed by atoms with Crippen LogP contribution in [0.2, 0.25) is 0 Å². The van der Waals surface area contributed by atoms with Gasteiger partial charge in [-0.25, -0.2) is 4.39 Å². The third kappa shape index (κ3) is 3.97. The topological polar surface area (TPSA) is 55.6 Å². The molecule has 1 heterocycles. The number of nitrogens with two attached hydrogens (primary N) is 1. The summed E-state index contributed by atoms with van der Waals surface area (Å²) >= 11 is 0. The molecule has 2 aliphatic rings. The third-order valence-electron chi connectivity index (χ3n) is 4.18. The van der Waals surface area contributed by atoms with E-state index in [2.05, 4.69) is 0 Å². The van der Waals surface area contributed by atoms with Gasteiger partial charge in [-0.3, -0.25) is 4.79 Å². The zero-order valence-electron chi connectivity index (χ0n) is 12.4. The molecule has 0 unspecified atom stereocenters. The fraction of sp³-hybridized carbons (Fsp3) is 0.562. The van der Waals surface area contributed by atoms with E-state index >= 15 is 0 Å². The van der Waals surface area contributed by atoms with Crippen LogP contribution in [0.25, 0.3) is 0 Å².